The van der Waals surface area contributed by atoms with E-state index in [9.17, 15) is 4.79 Å². The Balaban J connectivity index is 3.16. The summed E-state index contributed by atoms with van der Waals surface area (Å²) in [5, 5.41) is 10.5. The van der Waals surface area contributed by atoms with Crippen LogP contribution in [-0.4, -0.2) is 39.5 Å². The number of benzene rings is 1. The van der Waals surface area contributed by atoms with Crippen molar-refractivity contribution in [2.75, 3.05) is 27.3 Å². The highest BCUT2D eigenvalue weighted by Crippen LogP contribution is 2.27. The Bertz CT molecular complexity index is 446. The lowest BCUT2D eigenvalue weighted by Gasteiger charge is -2.17. The third-order valence-electron chi connectivity index (χ3n) is 2.76. The molecule has 0 aliphatic rings. The molecule has 0 aliphatic heterocycles. The highest BCUT2D eigenvalue weighted by Gasteiger charge is 2.16. The zero-order chi connectivity index (χ0) is 14.3. The third kappa shape index (κ3) is 3.79. The second-order valence-electron chi connectivity index (χ2n) is 4.01. The number of rotatable bonds is 7. The van der Waals surface area contributed by atoms with Crippen molar-refractivity contribution in [1.29, 1.82) is 5.41 Å². The monoisotopic (exact) mass is 264 g/mol. The predicted molar refractivity (Wildman–Crippen MR) is 74.4 cm³/mol. The van der Waals surface area contributed by atoms with E-state index in [0.717, 1.165) is 5.56 Å². The molecule has 0 aromatic heterocycles. The van der Waals surface area contributed by atoms with Crippen LogP contribution >= 0.6 is 0 Å². The summed E-state index contributed by atoms with van der Waals surface area (Å²) in [5.74, 6) is 0.139. The van der Waals surface area contributed by atoms with E-state index in [-0.39, 0.29) is 5.92 Å². The zero-order valence-electron chi connectivity index (χ0n) is 11.5. The zero-order valence-corrected chi connectivity index (χ0v) is 11.5. The Morgan fingerprint density at radius 1 is 1.53 bits per heavy atom. The van der Waals surface area contributed by atoms with Crippen LogP contribution in [0, 0.1) is 5.41 Å². The molecule has 0 bridgehead atoms. The number of carbonyl (C=O) groups excluding carboxylic acids is 1. The molecule has 1 aromatic carbocycles. The van der Waals surface area contributed by atoms with Crippen LogP contribution in [0.15, 0.2) is 18.2 Å². The second-order valence-corrected chi connectivity index (χ2v) is 4.01. The first-order valence-corrected chi connectivity index (χ1v) is 6.18. The Hall–Kier alpha value is -1.88. The van der Waals surface area contributed by atoms with E-state index in [0.29, 0.717) is 24.5 Å². The summed E-state index contributed by atoms with van der Waals surface area (Å²) in [5.41, 5.74) is 1.33. The molecule has 0 fully saturated rings. The van der Waals surface area contributed by atoms with Gasteiger partial charge in [0.05, 0.1) is 19.3 Å². The van der Waals surface area contributed by atoms with Crippen molar-refractivity contribution in [3.05, 3.63) is 29.3 Å². The second kappa shape index (κ2) is 7.53. The average Bonchev–Trinajstić information content (AvgIpc) is 2.44. The van der Waals surface area contributed by atoms with Gasteiger partial charge in [-0.25, -0.2) is 4.79 Å². The van der Waals surface area contributed by atoms with Gasteiger partial charge in [-0.05, 0) is 26.1 Å². The summed E-state index contributed by atoms with van der Waals surface area (Å²) in [7, 11) is 3.18. The van der Waals surface area contributed by atoms with E-state index in [4.69, 9.17) is 14.9 Å². The van der Waals surface area contributed by atoms with Gasteiger partial charge in [0.1, 0.15) is 5.75 Å². The maximum Gasteiger partial charge on any atom is 0.337 e. The smallest absolute Gasteiger partial charge is 0.337 e. The summed E-state index contributed by atoms with van der Waals surface area (Å²) in [6, 6.07) is 5.16. The maximum atomic E-state index is 11.5. The van der Waals surface area contributed by atoms with Crippen molar-refractivity contribution < 1.29 is 14.3 Å². The van der Waals surface area contributed by atoms with E-state index in [2.05, 4.69) is 5.32 Å². The van der Waals surface area contributed by atoms with Crippen LogP contribution in [0.2, 0.25) is 0 Å². The molecule has 1 aromatic rings. The molecule has 1 rings (SSSR count). The molecule has 2 N–H and O–H groups in total. The standard InChI is InChI=1S/C14H20N2O3/c1-4-19-13-7-10(14(17)18-3)5-6-12(13)11(8-15)9-16-2/h5-8,11,15-16H,4,9H2,1-3H3. The molecule has 5 nitrogen and oxygen atoms in total. The number of hydrogen-bond donors (Lipinski definition) is 2. The molecule has 1 unspecified atom stereocenters. The van der Waals surface area contributed by atoms with E-state index in [1.807, 2.05) is 20.0 Å². The fourth-order valence-electron chi connectivity index (χ4n) is 1.84. The molecule has 104 valence electrons. The van der Waals surface area contributed by atoms with Crippen LogP contribution in [0.5, 0.6) is 5.75 Å². The normalized spacial score (nSPS) is 11.7. The number of ether oxygens (including phenoxy) is 2. The molecule has 0 saturated carbocycles. The molecule has 5 heteroatoms. The third-order valence-corrected chi connectivity index (χ3v) is 2.76. The maximum absolute atomic E-state index is 11.5. The minimum absolute atomic E-state index is 0.0850. The highest BCUT2D eigenvalue weighted by atomic mass is 16.5. The summed E-state index contributed by atoms with van der Waals surface area (Å²) in [6.45, 7) is 3.02. The van der Waals surface area contributed by atoms with Crippen molar-refractivity contribution in [3.8, 4) is 5.75 Å². The van der Waals surface area contributed by atoms with Gasteiger partial charge in [0.25, 0.3) is 0 Å². The Kier molecular flexibility index (Phi) is 6.02. The Morgan fingerprint density at radius 3 is 2.79 bits per heavy atom. The van der Waals surface area contributed by atoms with E-state index < -0.39 is 5.97 Å². The van der Waals surface area contributed by atoms with Crippen molar-refractivity contribution in [2.24, 2.45) is 0 Å². The first-order chi connectivity index (χ1) is 9.17. The van der Waals surface area contributed by atoms with Crippen molar-refractivity contribution >= 4 is 12.2 Å². The van der Waals surface area contributed by atoms with Crippen LogP contribution in [0.1, 0.15) is 28.8 Å². The predicted octanol–water partition coefficient (Wildman–Crippen LogP) is 1.82. The van der Waals surface area contributed by atoms with E-state index in [1.165, 1.54) is 13.3 Å². The molecule has 1 atom stereocenters. The lowest BCUT2D eigenvalue weighted by molar-refractivity contribution is 0.0600. The van der Waals surface area contributed by atoms with Gasteiger partial charge < -0.3 is 20.2 Å². The molecular formula is C14H20N2O3. The Morgan fingerprint density at radius 2 is 2.26 bits per heavy atom. The number of nitrogens with one attached hydrogen (secondary N) is 2. The molecule has 0 aliphatic carbocycles. The molecule has 0 amide bonds. The highest BCUT2D eigenvalue weighted by molar-refractivity contribution is 5.90. The molecule has 0 spiro atoms. The fraction of sp³-hybridized carbons (Fsp3) is 0.429. The van der Waals surface area contributed by atoms with Gasteiger partial charge >= 0.3 is 5.97 Å². The molecule has 0 saturated heterocycles. The van der Waals surface area contributed by atoms with Gasteiger partial charge in [-0.15, -0.1) is 0 Å². The van der Waals surface area contributed by atoms with Crippen molar-refractivity contribution in [1.82, 2.24) is 5.32 Å². The van der Waals surface area contributed by atoms with Crippen molar-refractivity contribution in [3.63, 3.8) is 0 Å². The number of carbonyl (C=O) groups is 1. The summed E-state index contributed by atoms with van der Waals surface area (Å²) >= 11 is 0. The van der Waals surface area contributed by atoms with Gasteiger partial charge in [-0.1, -0.05) is 6.07 Å². The van der Waals surface area contributed by atoms with Gasteiger partial charge in [0.15, 0.2) is 0 Å². The van der Waals surface area contributed by atoms with Crippen LogP contribution < -0.4 is 10.1 Å². The minimum Gasteiger partial charge on any atom is -0.494 e. The number of methoxy groups -OCH3 is 1. The summed E-state index contributed by atoms with van der Waals surface area (Å²) < 4.78 is 10.3. The van der Waals surface area contributed by atoms with Gasteiger partial charge in [0, 0.05) is 24.2 Å². The first-order valence-electron chi connectivity index (χ1n) is 6.18. The van der Waals surface area contributed by atoms with Crippen LogP contribution in [-0.2, 0) is 4.74 Å². The first kappa shape index (κ1) is 15.2. The topological polar surface area (TPSA) is 71.4 Å². The number of esters is 1. The molecule has 0 heterocycles. The SMILES string of the molecule is CCOc1cc(C(=O)OC)ccc1C(C=N)CNC. The lowest BCUT2D eigenvalue weighted by atomic mass is 9.97. The summed E-state index contributed by atoms with van der Waals surface area (Å²) in [6.07, 6.45) is 1.37. The van der Waals surface area contributed by atoms with Gasteiger partial charge in [-0.2, -0.15) is 0 Å². The average molecular weight is 264 g/mol. The molecular weight excluding hydrogens is 244 g/mol. The Labute approximate surface area is 113 Å². The molecule has 0 radical (unpaired) electrons. The fourth-order valence-corrected chi connectivity index (χ4v) is 1.84. The van der Waals surface area contributed by atoms with Crippen LogP contribution in [0.3, 0.4) is 0 Å². The van der Waals surface area contributed by atoms with Crippen LogP contribution in [0.4, 0.5) is 0 Å². The number of hydrogen-bond acceptors (Lipinski definition) is 5. The number of likely N-dealkylation sites (N-methyl/N-ethyl adjacent to an activating group) is 1. The van der Waals surface area contributed by atoms with E-state index in [1.54, 1.807) is 12.1 Å². The van der Waals surface area contributed by atoms with Gasteiger partial charge in [0.2, 0.25) is 0 Å². The summed E-state index contributed by atoms with van der Waals surface area (Å²) in [4.78, 5) is 11.5. The quantitative estimate of drug-likeness (QED) is 0.582. The lowest BCUT2D eigenvalue weighted by Crippen LogP contribution is -2.19. The largest absolute Gasteiger partial charge is 0.494 e. The molecule has 19 heavy (non-hydrogen) atoms. The minimum atomic E-state index is -0.396. The van der Waals surface area contributed by atoms with Crippen LogP contribution in [0.25, 0.3) is 0 Å². The van der Waals surface area contributed by atoms with Gasteiger partial charge in [-0.3, -0.25) is 0 Å². The van der Waals surface area contributed by atoms with E-state index >= 15 is 0 Å². The van der Waals surface area contributed by atoms with Crippen molar-refractivity contribution in [2.45, 2.75) is 12.8 Å².